The number of sulfonamides is 1. The third kappa shape index (κ3) is 2.12. The summed E-state index contributed by atoms with van der Waals surface area (Å²) in [6, 6.07) is 5.70. The lowest BCUT2D eigenvalue weighted by molar-refractivity contribution is 0.376. The third-order valence-corrected chi connectivity index (χ3v) is 5.92. The van der Waals surface area contributed by atoms with Gasteiger partial charge in [0.15, 0.2) is 0 Å². The standard InChI is InChI=1S/C13H20N2O2S/c1-13(2,3)18(16,17)15-8-7-11-10(9-15)5-4-6-12(11)14/h4-6H,7-9,14H2,1-3H3. The Labute approximate surface area is 109 Å². The van der Waals surface area contributed by atoms with E-state index in [1.54, 1.807) is 25.1 Å². The van der Waals surface area contributed by atoms with Crippen LogP contribution in [0, 0.1) is 0 Å². The van der Waals surface area contributed by atoms with Gasteiger partial charge in [-0.1, -0.05) is 12.1 Å². The summed E-state index contributed by atoms with van der Waals surface area (Å²) in [7, 11) is -3.26. The number of nitrogens with two attached hydrogens (primary N) is 1. The van der Waals surface area contributed by atoms with Crippen molar-refractivity contribution in [2.24, 2.45) is 0 Å². The Morgan fingerprint density at radius 3 is 2.56 bits per heavy atom. The van der Waals surface area contributed by atoms with Gasteiger partial charge >= 0.3 is 0 Å². The Kier molecular flexibility index (Phi) is 3.15. The monoisotopic (exact) mass is 268 g/mol. The van der Waals surface area contributed by atoms with Crippen molar-refractivity contribution in [3.05, 3.63) is 29.3 Å². The molecule has 0 aromatic heterocycles. The topological polar surface area (TPSA) is 63.4 Å². The van der Waals surface area contributed by atoms with Crippen molar-refractivity contribution in [1.82, 2.24) is 4.31 Å². The van der Waals surface area contributed by atoms with Crippen LogP contribution in [0.3, 0.4) is 0 Å². The molecule has 0 saturated heterocycles. The average Bonchev–Trinajstić information content (AvgIpc) is 2.27. The molecule has 1 aromatic carbocycles. The predicted octanol–water partition coefficient (Wildman–Crippen LogP) is 1.76. The van der Waals surface area contributed by atoms with E-state index >= 15 is 0 Å². The fourth-order valence-corrected chi connectivity index (χ4v) is 3.62. The number of rotatable bonds is 1. The molecule has 1 aliphatic heterocycles. The summed E-state index contributed by atoms with van der Waals surface area (Å²) < 4.78 is 25.6. The molecule has 4 nitrogen and oxygen atoms in total. The summed E-state index contributed by atoms with van der Waals surface area (Å²) in [5.41, 5.74) is 8.80. The van der Waals surface area contributed by atoms with E-state index in [4.69, 9.17) is 5.73 Å². The van der Waals surface area contributed by atoms with E-state index in [0.717, 1.165) is 16.8 Å². The van der Waals surface area contributed by atoms with Gasteiger partial charge in [-0.25, -0.2) is 8.42 Å². The average molecular weight is 268 g/mol. The Morgan fingerprint density at radius 2 is 1.94 bits per heavy atom. The molecule has 0 atom stereocenters. The predicted molar refractivity (Wildman–Crippen MR) is 73.6 cm³/mol. The van der Waals surface area contributed by atoms with Gasteiger partial charge in [-0.15, -0.1) is 0 Å². The van der Waals surface area contributed by atoms with Crippen molar-refractivity contribution in [2.75, 3.05) is 12.3 Å². The van der Waals surface area contributed by atoms with Gasteiger partial charge in [-0.2, -0.15) is 4.31 Å². The SMILES string of the molecule is CC(C)(C)S(=O)(=O)N1CCc2c(N)cccc2C1. The zero-order valence-corrected chi connectivity index (χ0v) is 11.9. The van der Waals surface area contributed by atoms with Crippen LogP contribution in [0.5, 0.6) is 0 Å². The number of anilines is 1. The van der Waals surface area contributed by atoms with Crippen LogP contribution >= 0.6 is 0 Å². The number of hydrogen-bond donors (Lipinski definition) is 1. The first-order valence-corrected chi connectivity index (χ1v) is 7.53. The molecule has 1 aliphatic rings. The van der Waals surface area contributed by atoms with Crippen LogP contribution in [0.1, 0.15) is 31.9 Å². The molecule has 0 fully saturated rings. The van der Waals surface area contributed by atoms with E-state index in [9.17, 15) is 8.42 Å². The second kappa shape index (κ2) is 4.24. The van der Waals surface area contributed by atoms with Crippen LogP contribution in [0.25, 0.3) is 0 Å². The minimum absolute atomic E-state index is 0.431. The molecule has 1 heterocycles. The number of benzene rings is 1. The summed E-state index contributed by atoms with van der Waals surface area (Å²) in [5.74, 6) is 0. The zero-order chi connectivity index (χ0) is 13.6. The molecule has 0 amide bonds. The van der Waals surface area contributed by atoms with Crippen LogP contribution in [-0.4, -0.2) is 24.0 Å². The van der Waals surface area contributed by atoms with E-state index in [-0.39, 0.29) is 0 Å². The highest BCUT2D eigenvalue weighted by molar-refractivity contribution is 7.90. The van der Waals surface area contributed by atoms with Crippen molar-refractivity contribution in [3.8, 4) is 0 Å². The maximum absolute atomic E-state index is 12.4. The molecular formula is C13H20N2O2S. The Bertz CT molecular complexity index is 559. The molecule has 0 aliphatic carbocycles. The summed E-state index contributed by atoms with van der Waals surface area (Å²) >= 11 is 0. The highest BCUT2D eigenvalue weighted by atomic mass is 32.2. The van der Waals surface area contributed by atoms with Crippen LogP contribution in [-0.2, 0) is 23.0 Å². The molecule has 0 spiro atoms. The Morgan fingerprint density at radius 1 is 1.28 bits per heavy atom. The molecule has 0 radical (unpaired) electrons. The zero-order valence-electron chi connectivity index (χ0n) is 11.1. The van der Waals surface area contributed by atoms with Crippen molar-refractivity contribution in [3.63, 3.8) is 0 Å². The quantitative estimate of drug-likeness (QED) is 0.789. The van der Waals surface area contributed by atoms with Gasteiger partial charge in [0.1, 0.15) is 0 Å². The van der Waals surface area contributed by atoms with Crippen molar-refractivity contribution in [2.45, 2.75) is 38.5 Å². The lowest BCUT2D eigenvalue weighted by atomic mass is 9.99. The maximum atomic E-state index is 12.4. The van der Waals surface area contributed by atoms with Gasteiger partial charge in [-0.05, 0) is 44.4 Å². The fraction of sp³-hybridized carbons (Fsp3) is 0.538. The van der Waals surface area contributed by atoms with Gasteiger partial charge in [0.2, 0.25) is 10.0 Å². The summed E-state index contributed by atoms with van der Waals surface area (Å²) in [5, 5.41) is 0. The molecule has 2 rings (SSSR count). The Hall–Kier alpha value is -1.07. The van der Waals surface area contributed by atoms with Gasteiger partial charge in [0.05, 0.1) is 4.75 Å². The summed E-state index contributed by atoms with van der Waals surface area (Å²) in [4.78, 5) is 0. The van der Waals surface area contributed by atoms with Crippen LogP contribution < -0.4 is 5.73 Å². The number of fused-ring (bicyclic) bond motifs is 1. The fourth-order valence-electron chi connectivity index (χ4n) is 2.21. The normalized spacial score (nSPS) is 17.5. The molecule has 2 N–H and O–H groups in total. The van der Waals surface area contributed by atoms with Gasteiger partial charge in [0.25, 0.3) is 0 Å². The highest BCUT2D eigenvalue weighted by Gasteiger charge is 2.36. The molecule has 5 heteroatoms. The van der Waals surface area contributed by atoms with E-state index in [0.29, 0.717) is 19.5 Å². The van der Waals surface area contributed by atoms with E-state index in [2.05, 4.69) is 0 Å². The number of hydrogen-bond acceptors (Lipinski definition) is 3. The Balaban J connectivity index is 2.34. The second-order valence-electron chi connectivity index (χ2n) is 5.69. The van der Waals surface area contributed by atoms with E-state index in [1.165, 1.54) is 0 Å². The van der Waals surface area contributed by atoms with Crippen LogP contribution in [0.15, 0.2) is 18.2 Å². The van der Waals surface area contributed by atoms with Crippen LogP contribution in [0.4, 0.5) is 5.69 Å². The first-order valence-electron chi connectivity index (χ1n) is 6.09. The third-order valence-electron chi connectivity index (χ3n) is 3.38. The molecule has 1 aromatic rings. The lowest BCUT2D eigenvalue weighted by Gasteiger charge is -2.33. The minimum atomic E-state index is -3.26. The molecule has 0 unspecified atom stereocenters. The van der Waals surface area contributed by atoms with Gasteiger partial charge in [0, 0.05) is 18.8 Å². The summed E-state index contributed by atoms with van der Waals surface area (Å²) in [6.45, 7) is 6.15. The molecule has 0 saturated carbocycles. The molecule has 100 valence electrons. The van der Waals surface area contributed by atoms with Gasteiger partial charge in [-0.3, -0.25) is 0 Å². The van der Waals surface area contributed by atoms with Gasteiger partial charge < -0.3 is 5.73 Å². The van der Waals surface area contributed by atoms with Crippen LogP contribution in [0.2, 0.25) is 0 Å². The lowest BCUT2D eigenvalue weighted by Crippen LogP contribution is -2.45. The first-order chi connectivity index (χ1) is 8.23. The number of nitrogens with zero attached hydrogens (tertiary/aromatic N) is 1. The molecule has 18 heavy (non-hydrogen) atoms. The largest absolute Gasteiger partial charge is 0.398 e. The highest BCUT2D eigenvalue weighted by Crippen LogP contribution is 2.29. The molecular weight excluding hydrogens is 248 g/mol. The molecule has 0 bridgehead atoms. The van der Waals surface area contributed by atoms with E-state index < -0.39 is 14.8 Å². The van der Waals surface area contributed by atoms with Crippen molar-refractivity contribution < 1.29 is 8.42 Å². The first kappa shape index (κ1) is 13.4. The second-order valence-corrected chi connectivity index (χ2v) is 8.38. The number of nitrogen functional groups attached to an aromatic ring is 1. The smallest absolute Gasteiger partial charge is 0.219 e. The summed E-state index contributed by atoms with van der Waals surface area (Å²) in [6.07, 6.45) is 0.692. The van der Waals surface area contributed by atoms with E-state index in [1.807, 2.05) is 18.2 Å². The van der Waals surface area contributed by atoms with Crippen molar-refractivity contribution in [1.29, 1.82) is 0 Å². The minimum Gasteiger partial charge on any atom is -0.398 e. The maximum Gasteiger partial charge on any atom is 0.219 e. The van der Waals surface area contributed by atoms with Crippen molar-refractivity contribution >= 4 is 15.7 Å².